The number of ether oxygens (including phenoxy) is 3. The number of nitrogens with one attached hydrogen (secondary N) is 1. The highest BCUT2D eigenvalue weighted by Gasteiger charge is 2.69. The van der Waals surface area contributed by atoms with Crippen LogP contribution in [-0.4, -0.2) is 63.0 Å². The fourth-order valence-electron chi connectivity index (χ4n) is 6.95. The molecule has 14 heteroatoms. The first kappa shape index (κ1) is 30.3. The molecule has 3 N–H and O–H groups in total. The van der Waals surface area contributed by atoms with Gasteiger partial charge < -0.3 is 29.7 Å². The lowest BCUT2D eigenvalue weighted by Crippen LogP contribution is -2.70. The van der Waals surface area contributed by atoms with Crippen molar-refractivity contribution in [3.05, 3.63) is 39.9 Å². The second-order valence-corrected chi connectivity index (χ2v) is 11.9. The van der Waals surface area contributed by atoms with Gasteiger partial charge in [0.2, 0.25) is 18.0 Å². The lowest BCUT2D eigenvalue weighted by atomic mass is 9.58. The van der Waals surface area contributed by atoms with E-state index in [1.54, 1.807) is 6.92 Å². The standard InChI is InChI=1S/C28H36N2O12/c1-14-7-8-19-15(2)25(39-26-28(19)18(14)11-12-27(3,40-26)41-42-28)38-21(32)10-9-20(31)29-22(24(34)35)23(33)16-5-4-6-17(13-16)30(36)37/h4-6,13-15,18-19,22-23,25-26,33H,7-12H2,1-3H3,(H,29,31)(H,34,35)/t14-,15-,18+,19+,22+,23+,25-,26-,27+,28-/m1/s1. The Kier molecular flexibility index (Phi) is 8.29. The van der Waals surface area contributed by atoms with Gasteiger partial charge in [0.1, 0.15) is 6.10 Å². The first-order valence-corrected chi connectivity index (χ1v) is 14.2. The average molecular weight is 593 g/mol. The lowest BCUT2D eigenvalue weighted by Gasteiger charge is -2.59. The molecule has 42 heavy (non-hydrogen) atoms. The minimum atomic E-state index is -1.80. The largest absolute Gasteiger partial charge is 0.480 e. The molecule has 10 atom stereocenters. The molecule has 6 rings (SSSR count). The second kappa shape index (κ2) is 11.5. The van der Waals surface area contributed by atoms with Gasteiger partial charge in [-0.1, -0.05) is 26.0 Å². The van der Waals surface area contributed by atoms with Crippen molar-refractivity contribution in [3.63, 3.8) is 0 Å². The van der Waals surface area contributed by atoms with Crippen LogP contribution in [0.15, 0.2) is 24.3 Å². The number of benzene rings is 1. The maximum absolute atomic E-state index is 12.8. The fraction of sp³-hybridized carbons (Fsp3) is 0.679. The molecule has 1 aliphatic carbocycles. The van der Waals surface area contributed by atoms with Crippen LogP contribution >= 0.6 is 0 Å². The summed E-state index contributed by atoms with van der Waals surface area (Å²) >= 11 is 0. The van der Waals surface area contributed by atoms with E-state index in [1.807, 2.05) is 6.92 Å². The number of carboxylic acids is 1. The summed E-state index contributed by atoms with van der Waals surface area (Å²) in [6, 6.07) is 3.01. The molecule has 0 radical (unpaired) electrons. The Morgan fingerprint density at radius 2 is 1.93 bits per heavy atom. The molecule has 1 spiro atoms. The van der Waals surface area contributed by atoms with E-state index in [1.165, 1.54) is 18.2 Å². The number of amides is 1. The van der Waals surface area contributed by atoms with Crippen molar-refractivity contribution < 1.29 is 53.5 Å². The number of aliphatic carboxylic acids is 1. The molecular formula is C28H36N2O12. The van der Waals surface area contributed by atoms with Gasteiger partial charge in [-0.3, -0.25) is 19.7 Å². The van der Waals surface area contributed by atoms with Crippen molar-refractivity contribution in [2.45, 2.75) is 95.4 Å². The smallest absolute Gasteiger partial charge is 0.329 e. The van der Waals surface area contributed by atoms with Crippen molar-refractivity contribution in [2.24, 2.45) is 23.7 Å². The number of nitro benzene ring substituents is 1. The van der Waals surface area contributed by atoms with Crippen LogP contribution in [0.2, 0.25) is 0 Å². The van der Waals surface area contributed by atoms with Crippen LogP contribution in [0.3, 0.4) is 0 Å². The molecule has 14 nitrogen and oxygen atoms in total. The number of carbonyl (C=O) groups excluding carboxylic acids is 2. The van der Waals surface area contributed by atoms with Crippen molar-refractivity contribution in [1.29, 1.82) is 0 Å². The summed E-state index contributed by atoms with van der Waals surface area (Å²) in [5, 5.41) is 33.3. The van der Waals surface area contributed by atoms with E-state index in [4.69, 9.17) is 24.0 Å². The van der Waals surface area contributed by atoms with Gasteiger partial charge >= 0.3 is 11.9 Å². The van der Waals surface area contributed by atoms with Crippen molar-refractivity contribution in [2.75, 3.05) is 0 Å². The van der Waals surface area contributed by atoms with Gasteiger partial charge in [-0.15, -0.1) is 0 Å². The van der Waals surface area contributed by atoms with E-state index in [-0.39, 0.29) is 35.4 Å². The zero-order valence-electron chi connectivity index (χ0n) is 23.6. The van der Waals surface area contributed by atoms with E-state index < -0.39 is 65.3 Å². The Hall–Kier alpha value is -3.17. The molecule has 1 amide bonds. The minimum Gasteiger partial charge on any atom is -0.480 e. The summed E-state index contributed by atoms with van der Waals surface area (Å²) in [5.74, 6) is -3.90. The molecule has 5 fully saturated rings. The summed E-state index contributed by atoms with van der Waals surface area (Å²) in [5.41, 5.74) is -1.22. The molecular weight excluding hydrogens is 556 g/mol. The topological polar surface area (TPSA) is 193 Å². The fourth-order valence-corrected chi connectivity index (χ4v) is 6.95. The predicted molar refractivity (Wildman–Crippen MR) is 140 cm³/mol. The number of nitrogens with zero attached hydrogens (tertiary/aromatic N) is 1. The van der Waals surface area contributed by atoms with E-state index in [2.05, 4.69) is 12.2 Å². The van der Waals surface area contributed by atoms with Crippen LogP contribution in [0, 0.1) is 33.8 Å². The monoisotopic (exact) mass is 592 g/mol. The number of esters is 1. The Bertz CT molecular complexity index is 1240. The number of hydrogen-bond acceptors (Lipinski definition) is 11. The minimum absolute atomic E-state index is 0.0606. The second-order valence-electron chi connectivity index (χ2n) is 11.9. The van der Waals surface area contributed by atoms with E-state index in [0.717, 1.165) is 25.3 Å². The van der Waals surface area contributed by atoms with Gasteiger partial charge in [-0.05, 0) is 43.6 Å². The molecule has 2 bridgehead atoms. The summed E-state index contributed by atoms with van der Waals surface area (Å²) in [6.45, 7) is 5.90. The molecule has 0 aromatic heterocycles. The SMILES string of the molecule is C[C@H]1[C@H](OC(=O)CCC(=O)N[C@H](C(=O)O)[C@@H](O)c2cccc([N+](=O)[O-])c2)O[C@@H]2O[C@]3(C)CC[C@H]4[C@H](C)CC[C@@H]1[C@@]24OO3. The number of carboxylic acid groups (broad SMARTS) is 1. The van der Waals surface area contributed by atoms with Gasteiger partial charge in [0, 0.05) is 36.8 Å². The van der Waals surface area contributed by atoms with Crippen molar-refractivity contribution >= 4 is 23.5 Å². The van der Waals surface area contributed by atoms with Gasteiger partial charge in [0.25, 0.3) is 5.69 Å². The Labute approximate surface area is 241 Å². The zero-order valence-corrected chi connectivity index (χ0v) is 23.6. The van der Waals surface area contributed by atoms with Crippen LogP contribution in [0.1, 0.15) is 71.0 Å². The van der Waals surface area contributed by atoms with Crippen LogP contribution in [-0.2, 0) is 38.4 Å². The van der Waals surface area contributed by atoms with Crippen molar-refractivity contribution in [1.82, 2.24) is 5.32 Å². The van der Waals surface area contributed by atoms with E-state index in [9.17, 15) is 34.7 Å². The molecule has 1 saturated carbocycles. The number of hydrogen-bond donors (Lipinski definition) is 3. The Morgan fingerprint density at radius 3 is 2.64 bits per heavy atom. The number of nitro groups is 1. The lowest BCUT2D eigenvalue weighted by molar-refractivity contribution is -0.576. The first-order valence-electron chi connectivity index (χ1n) is 14.2. The molecule has 0 unspecified atom stereocenters. The maximum Gasteiger partial charge on any atom is 0.329 e. The summed E-state index contributed by atoms with van der Waals surface area (Å²) in [4.78, 5) is 59.3. The molecule has 1 aromatic rings. The normalized spacial score (nSPS) is 36.6. The zero-order chi connectivity index (χ0) is 30.4. The molecule has 4 saturated heterocycles. The third-order valence-corrected chi connectivity index (χ3v) is 9.22. The number of carbonyl (C=O) groups is 3. The highest BCUT2D eigenvalue weighted by atomic mass is 17.3. The van der Waals surface area contributed by atoms with Crippen LogP contribution in [0.4, 0.5) is 5.69 Å². The summed E-state index contributed by atoms with van der Waals surface area (Å²) in [6.07, 6.45) is -1.06. The van der Waals surface area contributed by atoms with E-state index in [0.29, 0.717) is 12.3 Å². The average Bonchev–Trinajstić information content (AvgIpc) is 3.18. The number of aliphatic hydroxyl groups excluding tert-OH is 1. The molecule has 5 aliphatic rings. The van der Waals surface area contributed by atoms with Gasteiger partial charge in [-0.25, -0.2) is 14.6 Å². The predicted octanol–water partition coefficient (Wildman–Crippen LogP) is 2.73. The Morgan fingerprint density at radius 1 is 1.17 bits per heavy atom. The molecule has 4 heterocycles. The molecule has 230 valence electrons. The summed E-state index contributed by atoms with van der Waals surface area (Å²) in [7, 11) is 0. The number of fused-ring (bicyclic) bond motifs is 2. The quantitative estimate of drug-likeness (QED) is 0.165. The number of non-ortho nitro benzene ring substituents is 1. The van der Waals surface area contributed by atoms with E-state index >= 15 is 0 Å². The van der Waals surface area contributed by atoms with Gasteiger partial charge in [0.05, 0.1) is 11.3 Å². The molecule has 4 aliphatic heterocycles. The van der Waals surface area contributed by atoms with Gasteiger partial charge in [0.15, 0.2) is 17.9 Å². The van der Waals surface area contributed by atoms with Gasteiger partial charge in [-0.2, -0.15) is 0 Å². The maximum atomic E-state index is 12.8. The highest BCUT2D eigenvalue weighted by molar-refractivity contribution is 5.86. The third kappa shape index (κ3) is 5.49. The summed E-state index contributed by atoms with van der Waals surface area (Å²) < 4.78 is 18.1. The third-order valence-electron chi connectivity index (χ3n) is 9.22. The highest BCUT2D eigenvalue weighted by Crippen LogP contribution is 2.60. The van der Waals surface area contributed by atoms with Crippen molar-refractivity contribution in [3.8, 4) is 0 Å². The Balaban J connectivity index is 1.20. The molecule has 1 aromatic carbocycles. The number of rotatable bonds is 9. The first-order chi connectivity index (χ1) is 19.8. The number of aliphatic hydroxyl groups is 1. The van der Waals surface area contributed by atoms with Crippen LogP contribution < -0.4 is 5.32 Å². The van der Waals surface area contributed by atoms with Crippen LogP contribution in [0.5, 0.6) is 0 Å². The van der Waals surface area contributed by atoms with Crippen LogP contribution in [0.25, 0.3) is 0 Å².